The van der Waals surface area contributed by atoms with Gasteiger partial charge in [0.2, 0.25) is 0 Å². The molecule has 0 aromatic carbocycles. The predicted molar refractivity (Wildman–Crippen MR) is 45.9 cm³/mol. The van der Waals surface area contributed by atoms with E-state index < -0.39 is 17.9 Å². The quantitative estimate of drug-likeness (QED) is 0.415. The molecule has 14 heavy (non-hydrogen) atoms. The van der Waals surface area contributed by atoms with Crippen molar-refractivity contribution >= 4 is 17.7 Å². The fourth-order valence-electron chi connectivity index (χ4n) is 0.824. The Morgan fingerprint density at radius 2 is 1.79 bits per heavy atom. The first-order chi connectivity index (χ1) is 5.99. The minimum absolute atomic E-state index is 0. The van der Waals surface area contributed by atoms with Crippen molar-refractivity contribution in [2.45, 2.75) is 33.6 Å². The van der Waals surface area contributed by atoms with Gasteiger partial charge in [-0.2, -0.15) is 0 Å². The zero-order valence-corrected chi connectivity index (χ0v) is 10.2. The zero-order valence-electron chi connectivity index (χ0n) is 8.62. The van der Waals surface area contributed by atoms with E-state index in [1.54, 1.807) is 0 Å². The Balaban J connectivity index is 0. The molecule has 78 valence electrons. The molecule has 0 saturated carbocycles. The molecule has 0 rings (SSSR count). The van der Waals surface area contributed by atoms with E-state index in [1.807, 2.05) is 6.92 Å². The molecule has 0 aromatic heterocycles. The second-order valence-corrected chi connectivity index (χ2v) is 2.85. The van der Waals surface area contributed by atoms with Crippen LogP contribution >= 0.6 is 0 Å². The monoisotopic (exact) mass is 234 g/mol. The number of Topliss-reactive ketones (excluding diaryl/α,β-unsaturated/α-hetero) is 1. The summed E-state index contributed by atoms with van der Waals surface area (Å²) in [6.45, 7) is 4.43. The molecule has 5 heteroatoms. The number of ether oxygens (including phenoxy) is 1. The van der Waals surface area contributed by atoms with Crippen LogP contribution in [0.15, 0.2) is 0 Å². The summed E-state index contributed by atoms with van der Waals surface area (Å²) in [5, 5.41) is 0. The smallest absolute Gasteiger partial charge is 0.323 e. The first kappa shape index (κ1) is 16.0. The first-order valence-corrected chi connectivity index (χ1v) is 4.24. The van der Waals surface area contributed by atoms with Crippen molar-refractivity contribution in [3.63, 3.8) is 0 Å². The van der Waals surface area contributed by atoms with Crippen LogP contribution in [-0.2, 0) is 40.8 Å². The Labute approximate surface area is 98.3 Å². The van der Waals surface area contributed by atoms with Gasteiger partial charge in [-0.25, -0.2) is 0 Å². The number of carbonyl (C=O) groups excluding carboxylic acids is 3. The number of esters is 2. The van der Waals surface area contributed by atoms with E-state index in [0.29, 0.717) is 12.8 Å². The fourth-order valence-corrected chi connectivity index (χ4v) is 0.824. The normalized spacial score (nSPS) is 11.1. The third-order valence-corrected chi connectivity index (χ3v) is 1.58. The van der Waals surface area contributed by atoms with Crippen LogP contribution < -0.4 is 0 Å². The number of rotatable bonds is 4. The summed E-state index contributed by atoms with van der Waals surface area (Å²) in [6, 6.07) is 0. The average Bonchev–Trinajstić information content (AvgIpc) is 2.02. The Kier molecular flexibility index (Phi) is 9.00. The van der Waals surface area contributed by atoms with Gasteiger partial charge in [-0.3, -0.25) is 14.4 Å². The molecule has 0 amide bonds. The van der Waals surface area contributed by atoms with Crippen LogP contribution in [0.3, 0.4) is 0 Å². The summed E-state index contributed by atoms with van der Waals surface area (Å²) in [5.74, 6) is -2.45. The van der Waals surface area contributed by atoms with E-state index >= 15 is 0 Å². The van der Waals surface area contributed by atoms with Crippen LogP contribution in [0.1, 0.15) is 33.6 Å². The standard InChI is InChI=1S/C9H14O4.Ti/c1-4-5-8(11)6(2)9(12)13-7(3)10;/h6H,4-5H2,1-3H3;. The molecule has 0 aliphatic heterocycles. The van der Waals surface area contributed by atoms with E-state index in [2.05, 4.69) is 4.74 Å². The van der Waals surface area contributed by atoms with Crippen LogP contribution in [-0.4, -0.2) is 17.7 Å². The Morgan fingerprint density at radius 3 is 2.14 bits per heavy atom. The van der Waals surface area contributed by atoms with Gasteiger partial charge in [-0.05, 0) is 13.3 Å². The largest absolute Gasteiger partial charge is 0.393 e. The second-order valence-electron chi connectivity index (χ2n) is 2.85. The van der Waals surface area contributed by atoms with Crippen LogP contribution in [0.2, 0.25) is 0 Å². The van der Waals surface area contributed by atoms with Gasteiger partial charge in [0.05, 0.1) is 0 Å². The molecule has 4 nitrogen and oxygen atoms in total. The summed E-state index contributed by atoms with van der Waals surface area (Å²) in [7, 11) is 0. The van der Waals surface area contributed by atoms with Crippen LogP contribution in [0.25, 0.3) is 0 Å². The third-order valence-electron chi connectivity index (χ3n) is 1.58. The fraction of sp³-hybridized carbons (Fsp3) is 0.667. The Morgan fingerprint density at radius 1 is 1.29 bits per heavy atom. The van der Waals surface area contributed by atoms with Crippen LogP contribution in [0.5, 0.6) is 0 Å². The van der Waals surface area contributed by atoms with Gasteiger partial charge in [0.15, 0.2) is 0 Å². The molecule has 1 unspecified atom stereocenters. The van der Waals surface area contributed by atoms with E-state index in [9.17, 15) is 14.4 Å². The topological polar surface area (TPSA) is 60.4 Å². The van der Waals surface area contributed by atoms with Crippen molar-refractivity contribution in [2.75, 3.05) is 0 Å². The maximum atomic E-state index is 11.2. The van der Waals surface area contributed by atoms with Crippen molar-refractivity contribution in [1.29, 1.82) is 0 Å². The van der Waals surface area contributed by atoms with Crippen molar-refractivity contribution in [1.82, 2.24) is 0 Å². The summed E-state index contributed by atoms with van der Waals surface area (Å²) in [4.78, 5) is 32.5. The zero-order chi connectivity index (χ0) is 10.4. The molecule has 0 aliphatic carbocycles. The summed E-state index contributed by atoms with van der Waals surface area (Å²) in [6.07, 6.45) is 1.03. The number of carbonyl (C=O) groups is 3. The second kappa shape index (κ2) is 7.88. The molecule has 0 heterocycles. The van der Waals surface area contributed by atoms with Crippen molar-refractivity contribution in [3.05, 3.63) is 0 Å². The Bertz CT molecular complexity index is 225. The van der Waals surface area contributed by atoms with E-state index in [1.165, 1.54) is 6.92 Å². The minimum Gasteiger partial charge on any atom is -0.393 e. The molecule has 0 N–H and O–H groups in total. The van der Waals surface area contributed by atoms with Crippen molar-refractivity contribution < 1.29 is 40.8 Å². The average molecular weight is 234 g/mol. The van der Waals surface area contributed by atoms with Crippen molar-refractivity contribution in [2.24, 2.45) is 5.92 Å². The molecular formula is C9H14O4Ti. The maximum absolute atomic E-state index is 11.2. The Hall–Kier alpha value is -0.476. The minimum atomic E-state index is -0.830. The molecule has 0 bridgehead atoms. The van der Waals surface area contributed by atoms with Gasteiger partial charge in [-0.15, -0.1) is 0 Å². The maximum Gasteiger partial charge on any atom is 0.323 e. The molecule has 0 aromatic rings. The van der Waals surface area contributed by atoms with Crippen LogP contribution in [0.4, 0.5) is 0 Å². The third kappa shape index (κ3) is 6.05. The predicted octanol–water partition coefficient (Wildman–Crippen LogP) is 1.08. The summed E-state index contributed by atoms with van der Waals surface area (Å²) < 4.78 is 4.28. The number of ketones is 1. The number of hydrogen-bond donors (Lipinski definition) is 0. The molecule has 0 spiro atoms. The van der Waals surface area contributed by atoms with Gasteiger partial charge >= 0.3 is 11.9 Å². The summed E-state index contributed by atoms with van der Waals surface area (Å²) >= 11 is 0. The van der Waals surface area contributed by atoms with Gasteiger partial charge in [0, 0.05) is 35.1 Å². The SMILES string of the molecule is CCCC(=O)C(C)C(=O)OC(C)=O.[Ti]. The first-order valence-electron chi connectivity index (χ1n) is 4.24. The van der Waals surface area contributed by atoms with E-state index in [-0.39, 0.29) is 27.5 Å². The molecule has 1 atom stereocenters. The molecule has 0 aliphatic rings. The number of hydrogen-bond acceptors (Lipinski definition) is 4. The van der Waals surface area contributed by atoms with Gasteiger partial charge in [0.1, 0.15) is 11.7 Å². The van der Waals surface area contributed by atoms with Gasteiger partial charge < -0.3 is 4.74 Å². The van der Waals surface area contributed by atoms with Gasteiger partial charge in [-0.1, -0.05) is 6.92 Å². The molecule has 0 fully saturated rings. The summed E-state index contributed by atoms with van der Waals surface area (Å²) in [5.41, 5.74) is 0. The van der Waals surface area contributed by atoms with Crippen LogP contribution in [0, 0.1) is 5.92 Å². The van der Waals surface area contributed by atoms with E-state index in [4.69, 9.17) is 0 Å². The molecule has 0 saturated heterocycles. The van der Waals surface area contributed by atoms with E-state index in [0.717, 1.165) is 6.92 Å². The molecular weight excluding hydrogens is 220 g/mol. The van der Waals surface area contributed by atoms with Gasteiger partial charge in [0.25, 0.3) is 0 Å². The van der Waals surface area contributed by atoms with Crippen molar-refractivity contribution in [3.8, 4) is 0 Å². The molecule has 0 radical (unpaired) electrons.